The standard InChI is InChI=1S/C20H15F2NO2/c1-13(24)15-3-5-16(6-4-15)17-7-9-20(25)23(12-17)11-14-2-8-18(21)19(22)10-14/h2-10,12H,11H2,1H3. The maximum atomic E-state index is 13.3. The molecule has 3 nitrogen and oxygen atoms in total. The van der Waals surface area contributed by atoms with Crippen LogP contribution in [0.2, 0.25) is 0 Å². The summed E-state index contributed by atoms with van der Waals surface area (Å²) in [4.78, 5) is 23.4. The van der Waals surface area contributed by atoms with Crippen LogP contribution in [0.15, 0.2) is 65.6 Å². The maximum absolute atomic E-state index is 13.3. The smallest absolute Gasteiger partial charge is 0.250 e. The monoisotopic (exact) mass is 339 g/mol. The lowest BCUT2D eigenvalue weighted by Gasteiger charge is -2.09. The molecule has 2 aromatic carbocycles. The number of pyridine rings is 1. The van der Waals surface area contributed by atoms with Gasteiger partial charge < -0.3 is 4.57 Å². The first-order valence-electron chi connectivity index (χ1n) is 7.70. The molecule has 0 saturated heterocycles. The van der Waals surface area contributed by atoms with Crippen molar-refractivity contribution in [1.29, 1.82) is 0 Å². The molecule has 0 N–H and O–H groups in total. The van der Waals surface area contributed by atoms with Gasteiger partial charge in [-0.05, 0) is 41.8 Å². The molecule has 0 atom stereocenters. The molecule has 0 amide bonds. The second-order valence-electron chi connectivity index (χ2n) is 5.77. The Kier molecular flexibility index (Phi) is 4.57. The molecule has 0 spiro atoms. The summed E-state index contributed by atoms with van der Waals surface area (Å²) in [6.07, 6.45) is 1.66. The van der Waals surface area contributed by atoms with Crippen LogP contribution >= 0.6 is 0 Å². The lowest BCUT2D eigenvalue weighted by molar-refractivity contribution is 0.101. The first-order chi connectivity index (χ1) is 11.9. The van der Waals surface area contributed by atoms with E-state index < -0.39 is 11.6 Å². The van der Waals surface area contributed by atoms with Crippen LogP contribution in [0.4, 0.5) is 8.78 Å². The van der Waals surface area contributed by atoms with Crippen LogP contribution in [-0.2, 0) is 6.54 Å². The van der Waals surface area contributed by atoms with E-state index in [1.807, 2.05) is 0 Å². The highest BCUT2D eigenvalue weighted by molar-refractivity contribution is 5.94. The predicted molar refractivity (Wildman–Crippen MR) is 91.6 cm³/mol. The Morgan fingerprint density at radius 2 is 1.60 bits per heavy atom. The Morgan fingerprint density at radius 1 is 0.920 bits per heavy atom. The van der Waals surface area contributed by atoms with Crippen LogP contribution in [0.25, 0.3) is 11.1 Å². The van der Waals surface area contributed by atoms with Gasteiger partial charge in [-0.15, -0.1) is 0 Å². The normalized spacial score (nSPS) is 10.7. The third-order valence-corrected chi connectivity index (χ3v) is 3.95. The molecule has 1 heterocycles. The van der Waals surface area contributed by atoms with Gasteiger partial charge in [0.05, 0.1) is 6.54 Å². The van der Waals surface area contributed by atoms with Gasteiger partial charge >= 0.3 is 0 Å². The highest BCUT2D eigenvalue weighted by Crippen LogP contribution is 2.19. The van der Waals surface area contributed by atoms with E-state index in [4.69, 9.17) is 0 Å². The third kappa shape index (κ3) is 3.71. The molecule has 0 fully saturated rings. The predicted octanol–water partition coefficient (Wildman–Crippen LogP) is 4.04. The van der Waals surface area contributed by atoms with E-state index in [1.165, 1.54) is 23.6 Å². The second kappa shape index (κ2) is 6.81. The molecular formula is C20H15F2NO2. The SMILES string of the molecule is CC(=O)c1ccc(-c2ccc(=O)n(Cc3ccc(F)c(F)c3)c2)cc1. The van der Waals surface area contributed by atoms with Crippen molar-refractivity contribution in [3.63, 3.8) is 0 Å². The lowest BCUT2D eigenvalue weighted by atomic mass is 10.0. The molecule has 0 bridgehead atoms. The Balaban J connectivity index is 1.93. The molecule has 0 radical (unpaired) electrons. The molecule has 126 valence electrons. The number of aromatic nitrogens is 1. The van der Waals surface area contributed by atoms with Gasteiger partial charge in [0.1, 0.15) is 0 Å². The fourth-order valence-corrected chi connectivity index (χ4v) is 2.56. The average Bonchev–Trinajstić information content (AvgIpc) is 2.60. The van der Waals surface area contributed by atoms with Crippen molar-refractivity contribution < 1.29 is 13.6 Å². The van der Waals surface area contributed by atoms with Gasteiger partial charge in [-0.2, -0.15) is 0 Å². The molecule has 5 heteroatoms. The molecule has 3 rings (SSSR count). The molecule has 1 aromatic heterocycles. The van der Waals surface area contributed by atoms with Crippen molar-refractivity contribution in [1.82, 2.24) is 4.57 Å². The van der Waals surface area contributed by atoms with Gasteiger partial charge in [0, 0.05) is 17.8 Å². The van der Waals surface area contributed by atoms with Crippen LogP contribution < -0.4 is 5.56 Å². The Hall–Kier alpha value is -3.08. The zero-order chi connectivity index (χ0) is 18.0. The minimum Gasteiger partial charge on any atom is -0.310 e. The first-order valence-corrected chi connectivity index (χ1v) is 7.70. The number of Topliss-reactive ketones (excluding diaryl/α,β-unsaturated/α-hetero) is 1. The lowest BCUT2D eigenvalue weighted by Crippen LogP contribution is -2.19. The zero-order valence-corrected chi connectivity index (χ0v) is 13.5. The average molecular weight is 339 g/mol. The number of carbonyl (C=O) groups excluding carboxylic acids is 1. The van der Waals surface area contributed by atoms with Crippen LogP contribution in [0, 0.1) is 11.6 Å². The van der Waals surface area contributed by atoms with E-state index in [1.54, 1.807) is 36.5 Å². The highest BCUT2D eigenvalue weighted by Gasteiger charge is 2.06. The number of benzene rings is 2. The number of carbonyl (C=O) groups is 1. The fourth-order valence-electron chi connectivity index (χ4n) is 2.56. The summed E-state index contributed by atoms with van der Waals surface area (Å²) < 4.78 is 27.8. The second-order valence-corrected chi connectivity index (χ2v) is 5.77. The highest BCUT2D eigenvalue weighted by atomic mass is 19.2. The third-order valence-electron chi connectivity index (χ3n) is 3.95. The Morgan fingerprint density at radius 3 is 2.24 bits per heavy atom. The van der Waals surface area contributed by atoms with Crippen molar-refractivity contribution in [2.45, 2.75) is 13.5 Å². The fraction of sp³-hybridized carbons (Fsp3) is 0.100. The molecular weight excluding hydrogens is 324 g/mol. The molecule has 3 aromatic rings. The Labute approximate surface area is 143 Å². The van der Waals surface area contributed by atoms with E-state index in [-0.39, 0.29) is 17.9 Å². The van der Waals surface area contributed by atoms with Crippen molar-refractivity contribution >= 4 is 5.78 Å². The van der Waals surface area contributed by atoms with Gasteiger partial charge in [0.2, 0.25) is 0 Å². The molecule has 0 aliphatic carbocycles. The van der Waals surface area contributed by atoms with Crippen LogP contribution in [-0.4, -0.2) is 10.4 Å². The summed E-state index contributed by atoms with van der Waals surface area (Å²) in [6, 6.07) is 13.7. The first kappa shape index (κ1) is 16.8. The topological polar surface area (TPSA) is 39.1 Å². The zero-order valence-electron chi connectivity index (χ0n) is 13.5. The minimum absolute atomic E-state index is 0.0187. The van der Waals surface area contributed by atoms with Crippen molar-refractivity contribution in [3.05, 3.63) is 93.9 Å². The Bertz CT molecular complexity index is 991. The van der Waals surface area contributed by atoms with Crippen LogP contribution in [0.5, 0.6) is 0 Å². The van der Waals surface area contributed by atoms with Gasteiger partial charge in [0.25, 0.3) is 5.56 Å². The molecule has 25 heavy (non-hydrogen) atoms. The minimum atomic E-state index is -0.943. The molecule has 0 saturated carbocycles. The number of hydrogen-bond acceptors (Lipinski definition) is 2. The summed E-state index contributed by atoms with van der Waals surface area (Å²) in [5, 5.41) is 0. The summed E-state index contributed by atoms with van der Waals surface area (Å²) in [5.74, 6) is -1.88. The summed E-state index contributed by atoms with van der Waals surface area (Å²) >= 11 is 0. The van der Waals surface area contributed by atoms with Crippen molar-refractivity contribution in [2.75, 3.05) is 0 Å². The van der Waals surface area contributed by atoms with Gasteiger partial charge in [-0.3, -0.25) is 9.59 Å². The van der Waals surface area contributed by atoms with Gasteiger partial charge in [0.15, 0.2) is 17.4 Å². The van der Waals surface area contributed by atoms with Gasteiger partial charge in [-0.1, -0.05) is 30.3 Å². The number of halogens is 2. The summed E-state index contributed by atoms with van der Waals surface area (Å²) in [5.41, 5.74) is 2.50. The maximum Gasteiger partial charge on any atom is 0.250 e. The quantitative estimate of drug-likeness (QED) is 0.673. The van der Waals surface area contributed by atoms with E-state index in [0.717, 1.165) is 23.3 Å². The van der Waals surface area contributed by atoms with Crippen molar-refractivity contribution in [3.8, 4) is 11.1 Å². The van der Waals surface area contributed by atoms with E-state index in [9.17, 15) is 18.4 Å². The molecule has 0 aliphatic heterocycles. The van der Waals surface area contributed by atoms with E-state index in [2.05, 4.69) is 0 Å². The molecule has 0 unspecified atom stereocenters. The summed E-state index contributed by atoms with van der Waals surface area (Å²) in [7, 11) is 0. The summed E-state index contributed by atoms with van der Waals surface area (Å²) in [6.45, 7) is 1.63. The van der Waals surface area contributed by atoms with Gasteiger partial charge in [-0.25, -0.2) is 8.78 Å². The van der Waals surface area contributed by atoms with Crippen LogP contribution in [0.3, 0.4) is 0 Å². The number of hydrogen-bond donors (Lipinski definition) is 0. The van der Waals surface area contributed by atoms with Crippen LogP contribution in [0.1, 0.15) is 22.8 Å². The molecule has 0 aliphatic rings. The number of nitrogens with zero attached hydrogens (tertiary/aromatic N) is 1. The number of ketones is 1. The number of rotatable bonds is 4. The largest absolute Gasteiger partial charge is 0.310 e. The van der Waals surface area contributed by atoms with E-state index >= 15 is 0 Å². The van der Waals surface area contributed by atoms with E-state index in [0.29, 0.717) is 11.1 Å². The van der Waals surface area contributed by atoms with Crippen molar-refractivity contribution in [2.24, 2.45) is 0 Å².